The van der Waals surface area contributed by atoms with Crippen molar-refractivity contribution in [3.63, 3.8) is 0 Å². The van der Waals surface area contributed by atoms with Gasteiger partial charge >= 0.3 is 0 Å². The average molecular weight is 450 g/mol. The van der Waals surface area contributed by atoms with Crippen LogP contribution in [0.5, 0.6) is 0 Å². The van der Waals surface area contributed by atoms with Crippen LogP contribution in [-0.2, 0) is 10.0 Å². The van der Waals surface area contributed by atoms with Crippen LogP contribution >= 0.6 is 0 Å². The molecule has 7 nitrogen and oxygen atoms in total. The largest absolute Gasteiger partial charge is 0.369 e. The Morgan fingerprint density at radius 1 is 0.969 bits per heavy atom. The van der Waals surface area contributed by atoms with Crippen LogP contribution in [0.4, 0.5) is 4.39 Å². The monoisotopic (exact) mass is 449 g/mol. The van der Waals surface area contributed by atoms with Gasteiger partial charge in [0.2, 0.25) is 5.96 Å². The first-order valence-corrected chi connectivity index (χ1v) is 11.5. The molecule has 1 aliphatic rings. The van der Waals surface area contributed by atoms with E-state index in [1.165, 1.54) is 18.3 Å². The van der Waals surface area contributed by atoms with Gasteiger partial charge in [0.25, 0.3) is 10.0 Å². The van der Waals surface area contributed by atoms with Crippen LogP contribution in [0.3, 0.4) is 0 Å². The molecule has 1 aliphatic carbocycles. The van der Waals surface area contributed by atoms with Gasteiger partial charge in [0.05, 0.1) is 16.1 Å². The molecule has 1 fully saturated rings. The summed E-state index contributed by atoms with van der Waals surface area (Å²) in [7, 11) is -4.01. The van der Waals surface area contributed by atoms with Crippen molar-refractivity contribution in [2.24, 2.45) is 27.6 Å². The number of nitrogens with two attached hydrogens (primary N) is 2. The molecule has 1 aromatic heterocycles. The van der Waals surface area contributed by atoms with E-state index in [0.717, 1.165) is 27.6 Å². The van der Waals surface area contributed by atoms with Crippen LogP contribution < -0.4 is 11.5 Å². The fourth-order valence-corrected chi connectivity index (χ4v) is 5.24. The number of nitrogens with zero attached hydrogens (tertiary/aromatic N) is 3. The molecule has 0 bridgehead atoms. The topological polar surface area (TPSA) is 116 Å². The summed E-state index contributed by atoms with van der Waals surface area (Å²) in [5.74, 6) is -0.612. The van der Waals surface area contributed by atoms with Crippen molar-refractivity contribution in [3.8, 4) is 0 Å². The second-order valence-electron chi connectivity index (χ2n) is 7.80. The number of benzene rings is 3. The van der Waals surface area contributed by atoms with Crippen LogP contribution in [-0.4, -0.2) is 24.1 Å². The molecule has 1 heterocycles. The van der Waals surface area contributed by atoms with Crippen molar-refractivity contribution in [2.45, 2.75) is 17.7 Å². The normalized spacial score (nSPS) is 14.7. The van der Waals surface area contributed by atoms with Crippen LogP contribution in [0.2, 0.25) is 0 Å². The van der Waals surface area contributed by atoms with Crippen LogP contribution in [0.25, 0.3) is 21.7 Å². The van der Waals surface area contributed by atoms with E-state index in [2.05, 4.69) is 10.2 Å². The van der Waals surface area contributed by atoms with Gasteiger partial charge in [-0.05, 0) is 53.9 Å². The summed E-state index contributed by atoms with van der Waals surface area (Å²) < 4.78 is 42.5. The lowest BCUT2D eigenvalue weighted by Crippen LogP contribution is -2.22. The number of guanidine groups is 1. The summed E-state index contributed by atoms with van der Waals surface area (Å²) in [6.07, 6.45) is 3.27. The SMILES string of the molecule is NC(N)=NN=C(c1cn(S(=O)(=O)c2ccc3ccccc3c2)c2cc(F)ccc12)C1CC1. The van der Waals surface area contributed by atoms with Gasteiger partial charge in [0, 0.05) is 23.1 Å². The molecule has 0 atom stereocenters. The Hall–Kier alpha value is -3.72. The van der Waals surface area contributed by atoms with Crippen LogP contribution in [0, 0.1) is 11.7 Å². The van der Waals surface area contributed by atoms with Gasteiger partial charge < -0.3 is 11.5 Å². The number of fused-ring (bicyclic) bond motifs is 2. The first-order valence-electron chi connectivity index (χ1n) is 10.1. The highest BCUT2D eigenvalue weighted by Crippen LogP contribution is 2.37. The van der Waals surface area contributed by atoms with E-state index < -0.39 is 15.8 Å². The van der Waals surface area contributed by atoms with Crippen LogP contribution in [0.15, 0.2) is 82.0 Å². The lowest BCUT2D eigenvalue weighted by atomic mass is 10.1. The molecule has 0 aliphatic heterocycles. The van der Waals surface area contributed by atoms with Crippen molar-refractivity contribution in [2.75, 3.05) is 0 Å². The molecule has 4 aromatic rings. The third-order valence-electron chi connectivity index (χ3n) is 5.52. The Labute approximate surface area is 183 Å². The van der Waals surface area contributed by atoms with Gasteiger partial charge in [-0.3, -0.25) is 0 Å². The van der Waals surface area contributed by atoms with Gasteiger partial charge in [-0.1, -0.05) is 30.3 Å². The molecule has 4 N–H and O–H groups in total. The molecule has 0 unspecified atom stereocenters. The highest BCUT2D eigenvalue weighted by Gasteiger charge is 2.32. The quantitative estimate of drug-likeness (QED) is 0.275. The fourth-order valence-electron chi connectivity index (χ4n) is 3.84. The minimum Gasteiger partial charge on any atom is -0.369 e. The average Bonchev–Trinajstić information content (AvgIpc) is 3.54. The van der Waals surface area contributed by atoms with Gasteiger partial charge in [-0.25, -0.2) is 16.8 Å². The summed E-state index contributed by atoms with van der Waals surface area (Å²) in [5.41, 5.74) is 12.3. The molecule has 3 aromatic carbocycles. The Balaban J connectivity index is 1.74. The molecule has 9 heteroatoms. The Morgan fingerprint density at radius 2 is 1.72 bits per heavy atom. The number of halogens is 1. The van der Waals surface area contributed by atoms with Crippen molar-refractivity contribution in [1.82, 2.24) is 3.97 Å². The van der Waals surface area contributed by atoms with E-state index in [9.17, 15) is 12.8 Å². The van der Waals surface area contributed by atoms with Gasteiger partial charge in [-0.15, -0.1) is 5.10 Å². The van der Waals surface area contributed by atoms with E-state index >= 15 is 0 Å². The molecular weight excluding hydrogens is 429 g/mol. The van der Waals surface area contributed by atoms with Crippen molar-refractivity contribution >= 4 is 43.4 Å². The lowest BCUT2D eigenvalue weighted by Gasteiger charge is -2.09. The van der Waals surface area contributed by atoms with Gasteiger partial charge in [-0.2, -0.15) is 5.10 Å². The summed E-state index contributed by atoms with van der Waals surface area (Å²) in [6.45, 7) is 0. The third kappa shape index (κ3) is 3.50. The van der Waals surface area contributed by atoms with Crippen LogP contribution in [0.1, 0.15) is 18.4 Å². The van der Waals surface area contributed by atoms with Crippen molar-refractivity contribution < 1.29 is 12.8 Å². The van der Waals surface area contributed by atoms with E-state index in [1.807, 2.05) is 24.3 Å². The maximum Gasteiger partial charge on any atom is 0.268 e. The number of aromatic nitrogens is 1. The van der Waals surface area contributed by atoms with Crippen molar-refractivity contribution in [1.29, 1.82) is 0 Å². The minimum atomic E-state index is -4.01. The third-order valence-corrected chi connectivity index (χ3v) is 7.19. The molecule has 32 heavy (non-hydrogen) atoms. The first kappa shape index (κ1) is 20.2. The summed E-state index contributed by atoms with van der Waals surface area (Å²) in [6, 6.07) is 16.5. The zero-order valence-corrected chi connectivity index (χ0v) is 17.8. The van der Waals surface area contributed by atoms with E-state index in [4.69, 9.17) is 11.5 Å². The molecule has 5 rings (SSSR count). The first-order chi connectivity index (χ1) is 15.3. The molecule has 162 valence electrons. The molecule has 0 amide bonds. The number of rotatable bonds is 5. The number of hydrogen-bond donors (Lipinski definition) is 2. The summed E-state index contributed by atoms with van der Waals surface area (Å²) in [4.78, 5) is 0.109. The van der Waals surface area contributed by atoms with Gasteiger partial charge in [0.1, 0.15) is 5.82 Å². The maximum atomic E-state index is 14.2. The minimum absolute atomic E-state index is 0.109. The summed E-state index contributed by atoms with van der Waals surface area (Å²) in [5, 5.41) is 10.3. The zero-order valence-electron chi connectivity index (χ0n) is 16.9. The lowest BCUT2D eigenvalue weighted by molar-refractivity contribution is 0.589. The second kappa shape index (κ2) is 7.45. The molecule has 0 spiro atoms. The highest BCUT2D eigenvalue weighted by atomic mass is 32.2. The Morgan fingerprint density at radius 3 is 2.44 bits per heavy atom. The van der Waals surface area contributed by atoms with E-state index in [-0.39, 0.29) is 22.3 Å². The van der Waals surface area contributed by atoms with Gasteiger partial charge in [0.15, 0.2) is 0 Å². The number of hydrogen-bond acceptors (Lipinski definition) is 4. The molecular formula is C23H20FN5O2S. The highest BCUT2D eigenvalue weighted by molar-refractivity contribution is 7.90. The Kier molecular flexibility index (Phi) is 4.70. The smallest absolute Gasteiger partial charge is 0.268 e. The maximum absolute atomic E-state index is 14.2. The van der Waals surface area contributed by atoms with E-state index in [0.29, 0.717) is 16.7 Å². The predicted molar refractivity (Wildman–Crippen MR) is 123 cm³/mol. The van der Waals surface area contributed by atoms with E-state index in [1.54, 1.807) is 24.3 Å². The second-order valence-corrected chi connectivity index (χ2v) is 9.61. The zero-order chi connectivity index (χ0) is 22.5. The molecule has 0 saturated heterocycles. The van der Waals surface area contributed by atoms with Crippen molar-refractivity contribution in [3.05, 3.63) is 78.2 Å². The summed E-state index contributed by atoms with van der Waals surface area (Å²) >= 11 is 0. The molecule has 1 saturated carbocycles. The molecule has 0 radical (unpaired) electrons. The predicted octanol–water partition coefficient (Wildman–Crippen LogP) is 3.56. The Bertz CT molecular complexity index is 1530. The standard InChI is InChI=1S/C23H20FN5O2S/c24-17-8-10-19-20(22(15-5-6-15)27-28-23(25)26)13-29(21(19)12-17)32(30,31)18-9-7-14-3-1-2-4-16(14)11-18/h1-4,7-13,15H,5-6H2,(H4,25,26,28). The fraction of sp³-hybridized carbons (Fsp3) is 0.130.